The van der Waals surface area contributed by atoms with Crippen molar-refractivity contribution < 1.29 is 0 Å². The Balaban J connectivity index is 1.95. The predicted octanol–water partition coefficient (Wildman–Crippen LogP) is 2.74. The maximum absolute atomic E-state index is 7.87. The van der Waals surface area contributed by atoms with Gasteiger partial charge in [-0.15, -0.1) is 5.10 Å². The van der Waals surface area contributed by atoms with Crippen LogP contribution < -0.4 is 5.73 Å². The van der Waals surface area contributed by atoms with Crippen molar-refractivity contribution in [3.8, 4) is 22.5 Å². The van der Waals surface area contributed by atoms with Crippen LogP contribution in [0.2, 0.25) is 0 Å². The van der Waals surface area contributed by atoms with E-state index in [-0.39, 0.29) is 5.84 Å². The van der Waals surface area contributed by atoms with Crippen LogP contribution in [-0.4, -0.2) is 25.4 Å². The van der Waals surface area contributed by atoms with Gasteiger partial charge in [-0.1, -0.05) is 30.3 Å². The van der Waals surface area contributed by atoms with Crippen LogP contribution in [0.5, 0.6) is 0 Å². The number of nitrogen functional groups attached to an aromatic ring is 1. The summed E-state index contributed by atoms with van der Waals surface area (Å²) in [6.45, 7) is 0. The number of hydrogen-bond acceptors (Lipinski definition) is 4. The minimum Gasteiger partial charge on any atom is -0.384 e. The Morgan fingerprint density at radius 3 is 2.50 bits per heavy atom. The molecule has 0 saturated carbocycles. The molecular weight excluding hydrogens is 300 g/mol. The molecule has 0 saturated heterocycles. The average molecular weight is 314 g/mol. The van der Waals surface area contributed by atoms with E-state index in [1.807, 2.05) is 54.7 Å². The van der Waals surface area contributed by atoms with Crippen LogP contribution in [0.15, 0.2) is 67.1 Å². The topological polar surface area (TPSA) is 93.0 Å². The standard InChI is InChI=1S/C18H14N6/c19-16(20)15-9-14(12-5-2-1-3-6-12)11-24-18(15)22-17(23-24)13-7-4-8-21-10-13/h1-11H,(H3,19,20). The van der Waals surface area contributed by atoms with Crippen LogP contribution in [0.3, 0.4) is 0 Å². The lowest BCUT2D eigenvalue weighted by Crippen LogP contribution is -2.13. The lowest BCUT2D eigenvalue weighted by molar-refractivity contribution is 0.965. The van der Waals surface area contributed by atoms with Crippen molar-refractivity contribution in [2.75, 3.05) is 0 Å². The summed E-state index contributed by atoms with van der Waals surface area (Å²) in [5, 5.41) is 12.4. The maximum Gasteiger partial charge on any atom is 0.183 e. The van der Waals surface area contributed by atoms with E-state index < -0.39 is 0 Å². The highest BCUT2D eigenvalue weighted by atomic mass is 15.3. The minimum absolute atomic E-state index is 0.0390. The number of benzene rings is 1. The van der Waals surface area contributed by atoms with Gasteiger partial charge in [0.2, 0.25) is 0 Å². The summed E-state index contributed by atoms with van der Waals surface area (Å²) in [5.74, 6) is 0.513. The molecule has 3 heterocycles. The second kappa shape index (κ2) is 5.58. The van der Waals surface area contributed by atoms with Crippen molar-refractivity contribution in [3.63, 3.8) is 0 Å². The molecule has 0 aliphatic rings. The molecule has 1 aromatic carbocycles. The molecule has 4 aromatic rings. The van der Waals surface area contributed by atoms with E-state index in [0.717, 1.165) is 16.7 Å². The van der Waals surface area contributed by atoms with Crippen LogP contribution in [0.25, 0.3) is 28.2 Å². The molecule has 0 amide bonds. The van der Waals surface area contributed by atoms with Crippen LogP contribution in [0.1, 0.15) is 5.56 Å². The first-order chi connectivity index (χ1) is 11.7. The minimum atomic E-state index is -0.0390. The molecule has 3 N–H and O–H groups in total. The molecule has 3 aromatic heterocycles. The van der Waals surface area contributed by atoms with Gasteiger partial charge >= 0.3 is 0 Å². The molecule has 24 heavy (non-hydrogen) atoms. The highest BCUT2D eigenvalue weighted by Crippen LogP contribution is 2.24. The predicted molar refractivity (Wildman–Crippen MR) is 92.7 cm³/mol. The number of hydrogen-bond donors (Lipinski definition) is 2. The molecule has 6 nitrogen and oxygen atoms in total. The SMILES string of the molecule is N=C(N)c1cc(-c2ccccc2)cn2nc(-c3cccnc3)nc12. The van der Waals surface area contributed by atoms with Gasteiger partial charge < -0.3 is 5.73 Å². The number of nitrogens with zero attached hydrogens (tertiary/aromatic N) is 4. The van der Waals surface area contributed by atoms with Gasteiger partial charge in [0.25, 0.3) is 0 Å². The van der Waals surface area contributed by atoms with Gasteiger partial charge in [-0.25, -0.2) is 9.50 Å². The van der Waals surface area contributed by atoms with Gasteiger partial charge in [0.1, 0.15) is 5.84 Å². The van der Waals surface area contributed by atoms with E-state index in [1.54, 1.807) is 16.9 Å². The highest BCUT2D eigenvalue weighted by molar-refractivity contribution is 6.01. The third-order valence-corrected chi connectivity index (χ3v) is 3.75. The fourth-order valence-corrected chi connectivity index (χ4v) is 2.59. The molecule has 0 aliphatic heterocycles. The molecule has 4 rings (SSSR count). The quantitative estimate of drug-likeness (QED) is 0.449. The van der Waals surface area contributed by atoms with Crippen LogP contribution in [0, 0.1) is 5.41 Å². The third-order valence-electron chi connectivity index (χ3n) is 3.75. The second-order valence-corrected chi connectivity index (χ2v) is 5.37. The molecule has 0 aliphatic carbocycles. The van der Waals surface area contributed by atoms with E-state index >= 15 is 0 Å². The van der Waals surface area contributed by atoms with Crippen LogP contribution in [0.4, 0.5) is 0 Å². The summed E-state index contributed by atoms with van der Waals surface area (Å²) in [7, 11) is 0. The maximum atomic E-state index is 7.87. The number of pyridine rings is 2. The monoisotopic (exact) mass is 314 g/mol. The van der Waals surface area contributed by atoms with E-state index in [4.69, 9.17) is 11.1 Å². The number of fused-ring (bicyclic) bond motifs is 1. The summed E-state index contributed by atoms with van der Waals surface area (Å²) in [6.07, 6.45) is 5.30. The van der Waals surface area contributed by atoms with Crippen LogP contribution >= 0.6 is 0 Å². The summed E-state index contributed by atoms with van der Waals surface area (Å²) in [5.41, 5.74) is 9.65. The molecule has 0 atom stereocenters. The fraction of sp³-hybridized carbons (Fsp3) is 0. The summed E-state index contributed by atoms with van der Waals surface area (Å²) >= 11 is 0. The van der Waals surface area contributed by atoms with Gasteiger partial charge in [0, 0.05) is 29.7 Å². The van der Waals surface area contributed by atoms with Crippen molar-refractivity contribution >= 4 is 11.5 Å². The second-order valence-electron chi connectivity index (χ2n) is 5.37. The zero-order valence-corrected chi connectivity index (χ0v) is 12.7. The van der Waals surface area contributed by atoms with Gasteiger partial charge in [-0.3, -0.25) is 10.4 Å². The van der Waals surface area contributed by atoms with Crippen molar-refractivity contribution in [1.82, 2.24) is 19.6 Å². The van der Waals surface area contributed by atoms with Gasteiger partial charge in [-0.2, -0.15) is 0 Å². The highest BCUT2D eigenvalue weighted by Gasteiger charge is 2.14. The first kappa shape index (κ1) is 14.1. The van der Waals surface area contributed by atoms with E-state index in [0.29, 0.717) is 17.0 Å². The Morgan fingerprint density at radius 2 is 1.79 bits per heavy atom. The molecule has 0 spiro atoms. The Morgan fingerprint density at radius 1 is 1.00 bits per heavy atom. The van der Waals surface area contributed by atoms with Crippen molar-refractivity contribution in [2.24, 2.45) is 5.73 Å². The third kappa shape index (κ3) is 2.40. The van der Waals surface area contributed by atoms with Crippen molar-refractivity contribution in [3.05, 3.63) is 72.7 Å². The summed E-state index contributed by atoms with van der Waals surface area (Å²) < 4.78 is 1.67. The molecule has 116 valence electrons. The first-order valence-electron chi connectivity index (χ1n) is 7.43. The van der Waals surface area contributed by atoms with Gasteiger partial charge in [0.15, 0.2) is 11.5 Å². The molecule has 0 unspecified atom stereocenters. The molecule has 0 radical (unpaired) electrons. The molecule has 0 fully saturated rings. The molecular formula is C18H14N6. The van der Waals surface area contributed by atoms with Crippen molar-refractivity contribution in [2.45, 2.75) is 0 Å². The lowest BCUT2D eigenvalue weighted by Gasteiger charge is -2.06. The largest absolute Gasteiger partial charge is 0.384 e. The number of amidine groups is 1. The summed E-state index contributed by atoms with van der Waals surface area (Å²) in [6, 6.07) is 15.5. The number of nitrogens with one attached hydrogen (secondary N) is 1. The van der Waals surface area contributed by atoms with E-state index in [1.165, 1.54) is 0 Å². The van der Waals surface area contributed by atoms with Crippen molar-refractivity contribution in [1.29, 1.82) is 5.41 Å². The molecule has 6 heteroatoms. The first-order valence-corrected chi connectivity index (χ1v) is 7.43. The van der Waals surface area contributed by atoms with E-state index in [9.17, 15) is 0 Å². The number of nitrogens with two attached hydrogens (primary N) is 1. The molecule has 0 bridgehead atoms. The Kier molecular flexibility index (Phi) is 3.28. The van der Waals surface area contributed by atoms with Crippen LogP contribution in [-0.2, 0) is 0 Å². The average Bonchev–Trinajstić information content (AvgIpc) is 3.06. The Labute approximate surface area is 138 Å². The number of aromatic nitrogens is 4. The van der Waals surface area contributed by atoms with Gasteiger partial charge in [-0.05, 0) is 23.8 Å². The van der Waals surface area contributed by atoms with E-state index in [2.05, 4.69) is 15.1 Å². The smallest absolute Gasteiger partial charge is 0.183 e. The number of rotatable bonds is 3. The zero-order chi connectivity index (χ0) is 16.5. The zero-order valence-electron chi connectivity index (χ0n) is 12.7. The normalized spacial score (nSPS) is 10.8. The summed E-state index contributed by atoms with van der Waals surface area (Å²) in [4.78, 5) is 8.63. The Bertz CT molecular complexity index is 1020. The Hall–Kier alpha value is -3.54. The van der Waals surface area contributed by atoms with Gasteiger partial charge in [0.05, 0.1) is 5.56 Å². The lowest BCUT2D eigenvalue weighted by atomic mass is 10.1. The fourth-order valence-electron chi connectivity index (χ4n) is 2.59.